The van der Waals surface area contributed by atoms with Gasteiger partial charge in [0.15, 0.2) is 0 Å². The summed E-state index contributed by atoms with van der Waals surface area (Å²) < 4.78 is 3.78. The standard InChI is InChI=1S/C7H18IN2/c1-5-10(4)8-6-7(2)9-3/h7,9H,5-6H2,1-4H3/q-1. The second kappa shape index (κ2) is 6.37. The van der Waals surface area contributed by atoms with E-state index in [-0.39, 0.29) is 21.5 Å². The Morgan fingerprint density at radius 1 is 1.60 bits per heavy atom. The molecule has 0 aromatic rings. The van der Waals surface area contributed by atoms with Crippen molar-refractivity contribution in [1.29, 1.82) is 0 Å². The van der Waals surface area contributed by atoms with Crippen molar-refractivity contribution in [3.8, 4) is 0 Å². The summed E-state index contributed by atoms with van der Waals surface area (Å²) in [5, 5.41) is 3.25. The zero-order valence-corrected chi connectivity index (χ0v) is 9.47. The van der Waals surface area contributed by atoms with Crippen LogP contribution in [0.4, 0.5) is 0 Å². The van der Waals surface area contributed by atoms with E-state index in [4.69, 9.17) is 0 Å². The van der Waals surface area contributed by atoms with Gasteiger partial charge >= 0.3 is 74.9 Å². The van der Waals surface area contributed by atoms with Crippen molar-refractivity contribution in [2.75, 3.05) is 25.1 Å². The fraction of sp³-hybridized carbons (Fsp3) is 1.00. The molecule has 64 valence electrons. The Bertz CT molecular complexity index is 68.0. The van der Waals surface area contributed by atoms with Crippen LogP contribution in [0, 0.1) is 0 Å². The van der Waals surface area contributed by atoms with Gasteiger partial charge in [0.25, 0.3) is 0 Å². The first kappa shape index (κ1) is 10.7. The second-order valence-corrected chi connectivity index (χ2v) is 5.59. The molecule has 3 heteroatoms. The molecule has 0 saturated carbocycles. The summed E-state index contributed by atoms with van der Waals surface area (Å²) in [6, 6.07) is 0.696. The van der Waals surface area contributed by atoms with Crippen molar-refractivity contribution in [2.45, 2.75) is 19.9 Å². The van der Waals surface area contributed by atoms with Gasteiger partial charge in [0.2, 0.25) is 0 Å². The van der Waals surface area contributed by atoms with Crippen LogP contribution in [0.5, 0.6) is 0 Å². The van der Waals surface area contributed by atoms with Crippen LogP contribution < -0.4 is 26.8 Å². The Balaban J connectivity index is 3.17. The predicted octanol–water partition coefficient (Wildman–Crippen LogP) is -2.45. The normalized spacial score (nSPS) is 14.5. The van der Waals surface area contributed by atoms with Crippen molar-refractivity contribution in [1.82, 2.24) is 8.43 Å². The molecule has 0 bridgehead atoms. The van der Waals surface area contributed by atoms with Crippen molar-refractivity contribution < 1.29 is 21.5 Å². The summed E-state index contributed by atoms with van der Waals surface area (Å²) in [5.74, 6) is 0. The first-order chi connectivity index (χ1) is 4.70. The molecule has 0 aromatic heterocycles. The molecular weight excluding hydrogens is 239 g/mol. The van der Waals surface area contributed by atoms with E-state index in [2.05, 4.69) is 29.3 Å². The van der Waals surface area contributed by atoms with Crippen LogP contribution >= 0.6 is 0 Å². The molecule has 0 saturated heterocycles. The average molecular weight is 257 g/mol. The van der Waals surface area contributed by atoms with Gasteiger partial charge in [0, 0.05) is 0 Å². The van der Waals surface area contributed by atoms with Crippen LogP contribution in [-0.2, 0) is 0 Å². The number of rotatable bonds is 5. The first-order valence-corrected chi connectivity index (χ1v) is 6.17. The minimum atomic E-state index is 0.286. The number of hydrogen-bond acceptors (Lipinski definition) is 2. The maximum atomic E-state index is 3.25. The Morgan fingerprint density at radius 3 is 2.60 bits per heavy atom. The molecule has 0 radical (unpaired) electrons. The van der Waals surface area contributed by atoms with Gasteiger partial charge in [0.1, 0.15) is 0 Å². The van der Waals surface area contributed by atoms with Crippen LogP contribution in [0.15, 0.2) is 0 Å². The van der Waals surface area contributed by atoms with E-state index in [0.717, 1.165) is 0 Å². The van der Waals surface area contributed by atoms with Crippen LogP contribution in [0.25, 0.3) is 0 Å². The molecule has 0 aliphatic carbocycles. The average Bonchev–Trinajstić information content (AvgIpc) is 1.99. The number of hydrogen-bond donors (Lipinski definition) is 1. The maximum absolute atomic E-state index is 3.25. The van der Waals surface area contributed by atoms with Gasteiger partial charge in [-0.05, 0) is 0 Å². The van der Waals surface area contributed by atoms with Gasteiger partial charge in [-0.1, -0.05) is 0 Å². The van der Waals surface area contributed by atoms with Crippen molar-refractivity contribution in [2.24, 2.45) is 0 Å². The summed E-state index contributed by atoms with van der Waals surface area (Å²) in [7, 11) is 4.23. The Kier molecular flexibility index (Phi) is 6.78. The van der Waals surface area contributed by atoms with E-state index in [9.17, 15) is 0 Å². The number of alkyl halides is 1. The molecule has 0 aromatic carbocycles. The topological polar surface area (TPSA) is 15.3 Å². The molecule has 10 heavy (non-hydrogen) atoms. The Labute approximate surface area is 75.0 Å². The van der Waals surface area contributed by atoms with Crippen molar-refractivity contribution in [3.05, 3.63) is 0 Å². The van der Waals surface area contributed by atoms with Gasteiger partial charge in [0.05, 0.1) is 0 Å². The molecule has 1 N–H and O–H groups in total. The fourth-order valence-electron chi connectivity index (χ4n) is 0.383. The van der Waals surface area contributed by atoms with Gasteiger partial charge in [-0.25, -0.2) is 0 Å². The second-order valence-electron chi connectivity index (χ2n) is 2.38. The zero-order chi connectivity index (χ0) is 7.98. The van der Waals surface area contributed by atoms with E-state index in [1.165, 1.54) is 11.0 Å². The van der Waals surface area contributed by atoms with Crippen LogP contribution in [0.2, 0.25) is 0 Å². The molecule has 0 aliphatic rings. The van der Waals surface area contributed by atoms with Crippen LogP contribution in [0.3, 0.4) is 0 Å². The third-order valence-corrected chi connectivity index (χ3v) is 5.00. The molecule has 0 aliphatic heterocycles. The Hall–Kier alpha value is 0.650. The van der Waals surface area contributed by atoms with E-state index in [1.807, 2.05) is 7.05 Å². The predicted molar refractivity (Wildman–Crippen MR) is 41.7 cm³/mol. The van der Waals surface area contributed by atoms with E-state index < -0.39 is 0 Å². The summed E-state index contributed by atoms with van der Waals surface area (Å²) in [5.41, 5.74) is 0. The third kappa shape index (κ3) is 5.44. The van der Waals surface area contributed by atoms with Gasteiger partial charge in [-0.15, -0.1) is 0 Å². The first-order valence-electron chi connectivity index (χ1n) is 3.68. The number of nitrogens with zero attached hydrogens (tertiary/aromatic N) is 1. The molecule has 0 rings (SSSR count). The molecule has 0 heterocycles. The van der Waals surface area contributed by atoms with Gasteiger partial charge in [-0.3, -0.25) is 0 Å². The van der Waals surface area contributed by atoms with Crippen LogP contribution in [-0.4, -0.2) is 34.2 Å². The summed E-state index contributed by atoms with van der Waals surface area (Å²) in [4.78, 5) is 0. The summed E-state index contributed by atoms with van der Waals surface area (Å²) in [6.45, 7) is 5.65. The van der Waals surface area contributed by atoms with Gasteiger partial charge in [-0.2, -0.15) is 0 Å². The van der Waals surface area contributed by atoms with Gasteiger partial charge < -0.3 is 0 Å². The van der Waals surface area contributed by atoms with E-state index in [1.54, 1.807) is 0 Å². The minimum absolute atomic E-state index is 0.286. The SMILES string of the molecule is CCN(C)[I-]CC(C)NC. The van der Waals surface area contributed by atoms with Crippen LogP contribution in [0.1, 0.15) is 13.8 Å². The summed E-state index contributed by atoms with van der Waals surface area (Å²) in [6.07, 6.45) is 0. The molecule has 0 amide bonds. The zero-order valence-electron chi connectivity index (χ0n) is 7.32. The number of halogens is 1. The number of nitrogens with one attached hydrogen (secondary N) is 1. The molecule has 1 atom stereocenters. The molecular formula is C7H18IN2-. The molecule has 2 nitrogen and oxygen atoms in total. The quantitative estimate of drug-likeness (QED) is 0.334. The summed E-state index contributed by atoms with van der Waals surface area (Å²) >= 11 is 0.286. The fourth-order valence-corrected chi connectivity index (χ4v) is 2.57. The van der Waals surface area contributed by atoms with Crippen molar-refractivity contribution >= 4 is 0 Å². The molecule has 0 fully saturated rings. The third-order valence-electron chi connectivity index (χ3n) is 1.43. The molecule has 1 unspecified atom stereocenters. The monoisotopic (exact) mass is 257 g/mol. The Morgan fingerprint density at radius 2 is 2.20 bits per heavy atom. The molecule has 0 spiro atoms. The van der Waals surface area contributed by atoms with Crippen molar-refractivity contribution in [3.63, 3.8) is 0 Å². The van der Waals surface area contributed by atoms with E-state index >= 15 is 0 Å². The van der Waals surface area contributed by atoms with E-state index in [0.29, 0.717) is 6.04 Å².